The summed E-state index contributed by atoms with van der Waals surface area (Å²) in [5.41, 5.74) is 1.23. The predicted molar refractivity (Wildman–Crippen MR) is 109 cm³/mol. The van der Waals surface area contributed by atoms with Crippen LogP contribution in [0.4, 0.5) is 11.4 Å². The number of halogens is 1. The van der Waals surface area contributed by atoms with Crippen LogP contribution in [-0.2, 0) is 9.53 Å². The van der Waals surface area contributed by atoms with Crippen LogP contribution in [0.3, 0.4) is 0 Å². The van der Waals surface area contributed by atoms with Gasteiger partial charge >= 0.3 is 5.97 Å². The number of thiophene rings is 1. The predicted octanol–water partition coefficient (Wildman–Crippen LogP) is 4.45. The lowest BCUT2D eigenvalue weighted by atomic mass is 10.2. The average Bonchev–Trinajstić information content (AvgIpc) is 3.23. The molecule has 0 saturated heterocycles. The highest BCUT2D eigenvalue weighted by Gasteiger charge is 2.13. The third-order valence-corrected chi connectivity index (χ3v) is 4.68. The summed E-state index contributed by atoms with van der Waals surface area (Å²) in [6.07, 6.45) is 0. The zero-order valence-electron chi connectivity index (χ0n) is 14.5. The fraction of sp³-hybridized carbons (Fsp3) is 0.0500. The lowest BCUT2D eigenvalue weighted by Gasteiger charge is -2.08. The van der Waals surface area contributed by atoms with Gasteiger partial charge in [-0.2, -0.15) is 0 Å². The molecule has 0 bridgehead atoms. The Morgan fingerprint density at radius 3 is 2.43 bits per heavy atom. The number of carbonyl (C=O) groups excluding carboxylic acids is 3. The van der Waals surface area contributed by atoms with Crippen molar-refractivity contribution >= 4 is 52.1 Å². The van der Waals surface area contributed by atoms with Gasteiger partial charge < -0.3 is 15.4 Å². The van der Waals surface area contributed by atoms with Gasteiger partial charge in [0.2, 0.25) is 0 Å². The first-order valence-electron chi connectivity index (χ1n) is 8.19. The van der Waals surface area contributed by atoms with Crippen molar-refractivity contribution in [3.05, 3.63) is 81.5 Å². The first kappa shape index (κ1) is 19.6. The second-order valence-corrected chi connectivity index (χ2v) is 7.03. The summed E-state index contributed by atoms with van der Waals surface area (Å²) in [4.78, 5) is 36.7. The number of nitrogens with one attached hydrogen (secondary N) is 2. The SMILES string of the molecule is O=C(COC(=O)c1cccc(NC(=O)c2cccs2)c1)Nc1ccc(Cl)cc1. The number of anilines is 2. The molecular formula is C20H15ClN2O4S. The molecular weight excluding hydrogens is 400 g/mol. The number of hydrogen-bond donors (Lipinski definition) is 2. The highest BCUT2D eigenvalue weighted by molar-refractivity contribution is 7.12. The maximum absolute atomic E-state index is 12.2. The molecule has 8 heteroatoms. The molecule has 3 rings (SSSR count). The molecule has 0 radical (unpaired) electrons. The van der Waals surface area contributed by atoms with E-state index in [1.807, 2.05) is 0 Å². The Bertz CT molecular complexity index is 988. The standard InChI is InChI=1S/C20H15ClN2O4S/c21-14-6-8-15(9-7-14)22-18(24)12-27-20(26)13-3-1-4-16(11-13)23-19(25)17-5-2-10-28-17/h1-11H,12H2,(H,22,24)(H,23,25). The second-order valence-electron chi connectivity index (χ2n) is 5.64. The molecule has 1 heterocycles. The molecule has 0 aliphatic carbocycles. The van der Waals surface area contributed by atoms with Crippen molar-refractivity contribution in [3.8, 4) is 0 Å². The second kappa shape index (κ2) is 9.16. The van der Waals surface area contributed by atoms with E-state index < -0.39 is 18.5 Å². The first-order chi connectivity index (χ1) is 13.5. The Labute approximate surface area is 170 Å². The lowest BCUT2D eigenvalue weighted by molar-refractivity contribution is -0.119. The van der Waals surface area contributed by atoms with E-state index in [2.05, 4.69) is 10.6 Å². The third kappa shape index (κ3) is 5.42. The number of ether oxygens (including phenoxy) is 1. The van der Waals surface area contributed by atoms with Gasteiger partial charge in [0.1, 0.15) is 0 Å². The number of rotatable bonds is 6. The van der Waals surface area contributed by atoms with Crippen molar-refractivity contribution in [3.63, 3.8) is 0 Å². The fourth-order valence-corrected chi connectivity index (χ4v) is 3.01. The quantitative estimate of drug-likeness (QED) is 0.583. The molecule has 0 spiro atoms. The summed E-state index contributed by atoms with van der Waals surface area (Å²) in [6.45, 7) is -0.437. The van der Waals surface area contributed by atoms with Crippen molar-refractivity contribution in [2.45, 2.75) is 0 Å². The van der Waals surface area contributed by atoms with Gasteiger partial charge in [-0.15, -0.1) is 11.3 Å². The van der Waals surface area contributed by atoms with E-state index in [-0.39, 0.29) is 11.5 Å². The van der Waals surface area contributed by atoms with Crippen LogP contribution in [0.5, 0.6) is 0 Å². The van der Waals surface area contributed by atoms with Crippen LogP contribution in [0.25, 0.3) is 0 Å². The number of hydrogen-bond acceptors (Lipinski definition) is 5. The van der Waals surface area contributed by atoms with E-state index in [1.165, 1.54) is 17.4 Å². The molecule has 0 unspecified atom stereocenters. The minimum Gasteiger partial charge on any atom is -0.452 e. The van der Waals surface area contributed by atoms with E-state index >= 15 is 0 Å². The Morgan fingerprint density at radius 1 is 0.929 bits per heavy atom. The highest BCUT2D eigenvalue weighted by Crippen LogP contribution is 2.16. The van der Waals surface area contributed by atoms with E-state index in [1.54, 1.807) is 60.0 Å². The van der Waals surface area contributed by atoms with E-state index in [9.17, 15) is 14.4 Å². The summed E-state index contributed by atoms with van der Waals surface area (Å²) in [5.74, 6) is -1.40. The Kier molecular flexibility index (Phi) is 6.41. The molecule has 0 saturated carbocycles. The molecule has 142 valence electrons. The topological polar surface area (TPSA) is 84.5 Å². The minimum absolute atomic E-state index is 0.225. The molecule has 28 heavy (non-hydrogen) atoms. The van der Waals surface area contributed by atoms with E-state index in [4.69, 9.17) is 16.3 Å². The zero-order valence-corrected chi connectivity index (χ0v) is 16.0. The van der Waals surface area contributed by atoms with Crippen LogP contribution in [0, 0.1) is 0 Å². The first-order valence-corrected chi connectivity index (χ1v) is 9.44. The summed E-state index contributed by atoms with van der Waals surface area (Å²) >= 11 is 7.10. The van der Waals surface area contributed by atoms with Crippen molar-refractivity contribution in [2.75, 3.05) is 17.2 Å². The van der Waals surface area contributed by atoms with Gasteiger partial charge in [0.15, 0.2) is 6.61 Å². The molecule has 2 N–H and O–H groups in total. The third-order valence-electron chi connectivity index (χ3n) is 3.56. The van der Waals surface area contributed by atoms with Gasteiger partial charge in [-0.25, -0.2) is 4.79 Å². The fourth-order valence-electron chi connectivity index (χ4n) is 2.27. The number of benzene rings is 2. The maximum atomic E-state index is 12.2. The summed E-state index contributed by atoms with van der Waals surface area (Å²) in [5, 5.41) is 7.67. The smallest absolute Gasteiger partial charge is 0.338 e. The van der Waals surface area contributed by atoms with E-state index in [0.717, 1.165) is 0 Å². The van der Waals surface area contributed by atoms with Gasteiger partial charge in [-0.1, -0.05) is 23.7 Å². The normalized spacial score (nSPS) is 10.2. The van der Waals surface area contributed by atoms with Gasteiger partial charge in [0.05, 0.1) is 10.4 Å². The Morgan fingerprint density at radius 2 is 1.71 bits per heavy atom. The van der Waals surface area contributed by atoms with Crippen molar-refractivity contribution in [1.82, 2.24) is 0 Å². The molecule has 0 aliphatic rings. The van der Waals surface area contributed by atoms with Crippen LogP contribution in [0.2, 0.25) is 5.02 Å². The molecule has 2 aromatic carbocycles. The number of amides is 2. The average molecular weight is 415 g/mol. The molecule has 6 nitrogen and oxygen atoms in total. The lowest BCUT2D eigenvalue weighted by Crippen LogP contribution is -2.21. The van der Waals surface area contributed by atoms with Crippen LogP contribution >= 0.6 is 22.9 Å². The minimum atomic E-state index is -0.668. The van der Waals surface area contributed by atoms with Crippen molar-refractivity contribution in [2.24, 2.45) is 0 Å². The van der Waals surface area contributed by atoms with Crippen LogP contribution in [-0.4, -0.2) is 24.4 Å². The summed E-state index contributed by atoms with van der Waals surface area (Å²) in [7, 11) is 0. The molecule has 1 aromatic heterocycles. The van der Waals surface area contributed by atoms with Gasteiger partial charge in [-0.05, 0) is 53.9 Å². The number of esters is 1. The maximum Gasteiger partial charge on any atom is 0.338 e. The Balaban J connectivity index is 1.54. The Hall–Kier alpha value is -3.16. The van der Waals surface area contributed by atoms with Crippen LogP contribution < -0.4 is 10.6 Å². The van der Waals surface area contributed by atoms with Gasteiger partial charge in [0.25, 0.3) is 11.8 Å². The molecule has 3 aromatic rings. The van der Waals surface area contributed by atoms with E-state index in [0.29, 0.717) is 21.3 Å². The summed E-state index contributed by atoms with van der Waals surface area (Å²) in [6, 6.07) is 16.4. The molecule has 0 atom stereocenters. The highest BCUT2D eigenvalue weighted by atomic mass is 35.5. The van der Waals surface area contributed by atoms with Gasteiger partial charge in [-0.3, -0.25) is 9.59 Å². The largest absolute Gasteiger partial charge is 0.452 e. The van der Waals surface area contributed by atoms with Crippen LogP contribution in [0.15, 0.2) is 66.0 Å². The van der Waals surface area contributed by atoms with Crippen molar-refractivity contribution < 1.29 is 19.1 Å². The molecule has 0 aliphatic heterocycles. The van der Waals surface area contributed by atoms with Gasteiger partial charge in [0, 0.05) is 16.4 Å². The monoisotopic (exact) mass is 414 g/mol. The molecule has 2 amide bonds. The van der Waals surface area contributed by atoms with Crippen molar-refractivity contribution in [1.29, 1.82) is 0 Å². The van der Waals surface area contributed by atoms with Crippen LogP contribution in [0.1, 0.15) is 20.0 Å². The zero-order chi connectivity index (χ0) is 19.9. The molecule has 0 fully saturated rings. The summed E-state index contributed by atoms with van der Waals surface area (Å²) < 4.78 is 5.03. The number of carbonyl (C=O) groups is 3.